The summed E-state index contributed by atoms with van der Waals surface area (Å²) in [6, 6.07) is 7.25. The SMILES string of the molecule is COc1cccc(CC(=O)N[C@H]2CCO[C@@H]2c2ccnn2C)n1. The zero-order valence-electron chi connectivity index (χ0n) is 13.2. The highest BCUT2D eigenvalue weighted by atomic mass is 16.5. The molecule has 3 rings (SSSR count). The van der Waals surface area contributed by atoms with Crippen molar-refractivity contribution in [3.05, 3.63) is 41.9 Å². The molecular weight excluding hydrogens is 296 g/mol. The van der Waals surface area contributed by atoms with E-state index in [0.29, 0.717) is 18.2 Å². The summed E-state index contributed by atoms with van der Waals surface area (Å²) in [6.45, 7) is 0.623. The Hall–Kier alpha value is -2.41. The summed E-state index contributed by atoms with van der Waals surface area (Å²) >= 11 is 0. The van der Waals surface area contributed by atoms with E-state index in [0.717, 1.165) is 12.1 Å². The summed E-state index contributed by atoms with van der Waals surface area (Å²) in [5.74, 6) is 0.431. The van der Waals surface area contributed by atoms with Gasteiger partial charge in [-0.1, -0.05) is 6.07 Å². The first-order valence-corrected chi connectivity index (χ1v) is 7.56. The number of nitrogens with zero attached hydrogens (tertiary/aromatic N) is 3. The molecule has 0 aromatic carbocycles. The van der Waals surface area contributed by atoms with Crippen molar-refractivity contribution in [1.82, 2.24) is 20.1 Å². The van der Waals surface area contributed by atoms with Crippen LogP contribution in [0.3, 0.4) is 0 Å². The first-order valence-electron chi connectivity index (χ1n) is 7.56. The van der Waals surface area contributed by atoms with Gasteiger partial charge in [-0.15, -0.1) is 0 Å². The monoisotopic (exact) mass is 316 g/mol. The number of ether oxygens (including phenoxy) is 2. The largest absolute Gasteiger partial charge is 0.481 e. The van der Waals surface area contributed by atoms with Gasteiger partial charge in [-0.3, -0.25) is 9.48 Å². The van der Waals surface area contributed by atoms with Crippen molar-refractivity contribution in [3.63, 3.8) is 0 Å². The maximum absolute atomic E-state index is 12.3. The van der Waals surface area contributed by atoms with Gasteiger partial charge in [-0.2, -0.15) is 5.10 Å². The summed E-state index contributed by atoms with van der Waals surface area (Å²) in [5.41, 5.74) is 1.64. The van der Waals surface area contributed by atoms with Crippen LogP contribution in [0.15, 0.2) is 30.5 Å². The fourth-order valence-corrected chi connectivity index (χ4v) is 2.78. The lowest BCUT2D eigenvalue weighted by Crippen LogP contribution is -2.38. The van der Waals surface area contributed by atoms with Crippen LogP contribution in [0.5, 0.6) is 5.88 Å². The van der Waals surface area contributed by atoms with Crippen molar-refractivity contribution in [2.75, 3.05) is 13.7 Å². The fourth-order valence-electron chi connectivity index (χ4n) is 2.78. The fraction of sp³-hybridized carbons (Fsp3) is 0.438. The van der Waals surface area contributed by atoms with E-state index in [-0.39, 0.29) is 24.5 Å². The van der Waals surface area contributed by atoms with Gasteiger partial charge in [0.05, 0.1) is 31.0 Å². The molecule has 0 unspecified atom stereocenters. The molecule has 1 fully saturated rings. The lowest BCUT2D eigenvalue weighted by atomic mass is 10.1. The predicted octanol–water partition coefficient (Wildman–Crippen LogP) is 1.01. The molecule has 1 aliphatic rings. The first kappa shape index (κ1) is 15.5. The molecule has 0 bridgehead atoms. The minimum atomic E-state index is -0.162. The molecule has 2 aromatic rings. The zero-order chi connectivity index (χ0) is 16.2. The summed E-state index contributed by atoms with van der Waals surface area (Å²) in [4.78, 5) is 16.6. The lowest BCUT2D eigenvalue weighted by Gasteiger charge is -2.20. The van der Waals surface area contributed by atoms with Crippen LogP contribution in [0, 0.1) is 0 Å². The standard InChI is InChI=1S/C16H20N4O3/c1-20-13(6-8-17-20)16-12(7-9-23-16)19-14(21)10-11-4-3-5-15(18-11)22-2/h3-6,8,12,16H,7,9-10H2,1-2H3,(H,19,21)/t12-,16-/m0/s1. The van der Waals surface area contributed by atoms with Crippen LogP contribution in [0.25, 0.3) is 0 Å². The third-order valence-corrected chi connectivity index (χ3v) is 3.92. The summed E-state index contributed by atoms with van der Waals surface area (Å²) < 4.78 is 12.6. The Morgan fingerprint density at radius 1 is 1.48 bits per heavy atom. The van der Waals surface area contributed by atoms with Crippen LogP contribution in [-0.2, 0) is 23.0 Å². The molecule has 2 aromatic heterocycles. The van der Waals surface area contributed by atoms with E-state index < -0.39 is 0 Å². The van der Waals surface area contributed by atoms with Crippen LogP contribution >= 0.6 is 0 Å². The second-order valence-electron chi connectivity index (χ2n) is 5.48. The van der Waals surface area contributed by atoms with Crippen LogP contribution in [0.4, 0.5) is 0 Å². The number of aromatic nitrogens is 3. The van der Waals surface area contributed by atoms with Gasteiger partial charge in [-0.05, 0) is 18.6 Å². The highest BCUT2D eigenvalue weighted by Crippen LogP contribution is 2.28. The predicted molar refractivity (Wildman–Crippen MR) is 82.9 cm³/mol. The molecule has 0 spiro atoms. The third-order valence-electron chi connectivity index (χ3n) is 3.92. The number of carbonyl (C=O) groups excluding carboxylic acids is 1. The van der Waals surface area contributed by atoms with Crippen molar-refractivity contribution in [1.29, 1.82) is 0 Å². The number of rotatable bonds is 5. The van der Waals surface area contributed by atoms with Gasteiger partial charge in [0, 0.05) is 25.9 Å². The Morgan fingerprint density at radius 3 is 3.09 bits per heavy atom. The quantitative estimate of drug-likeness (QED) is 0.891. The Bertz CT molecular complexity index is 685. The molecule has 3 heterocycles. The maximum Gasteiger partial charge on any atom is 0.226 e. The molecule has 0 aliphatic carbocycles. The molecule has 0 saturated carbocycles. The van der Waals surface area contributed by atoms with Crippen LogP contribution in [-0.4, -0.2) is 40.4 Å². The number of amides is 1. The Kier molecular flexibility index (Phi) is 4.57. The number of hydrogen-bond donors (Lipinski definition) is 1. The molecule has 1 aliphatic heterocycles. The molecule has 7 nitrogen and oxygen atoms in total. The van der Waals surface area contributed by atoms with E-state index in [1.54, 1.807) is 24.1 Å². The van der Waals surface area contributed by atoms with Gasteiger partial charge in [0.2, 0.25) is 11.8 Å². The van der Waals surface area contributed by atoms with Gasteiger partial charge >= 0.3 is 0 Å². The Morgan fingerprint density at radius 2 is 2.35 bits per heavy atom. The van der Waals surface area contributed by atoms with Crippen LogP contribution < -0.4 is 10.1 Å². The highest BCUT2D eigenvalue weighted by molar-refractivity contribution is 5.78. The summed E-state index contributed by atoms with van der Waals surface area (Å²) in [7, 11) is 3.43. The Labute approximate surface area is 134 Å². The van der Waals surface area contributed by atoms with E-state index in [2.05, 4.69) is 15.4 Å². The topological polar surface area (TPSA) is 78.3 Å². The van der Waals surface area contributed by atoms with E-state index in [1.807, 2.05) is 25.2 Å². The minimum Gasteiger partial charge on any atom is -0.481 e. The molecule has 1 amide bonds. The van der Waals surface area contributed by atoms with Gasteiger partial charge < -0.3 is 14.8 Å². The molecule has 122 valence electrons. The van der Waals surface area contributed by atoms with Crippen LogP contribution in [0.2, 0.25) is 0 Å². The molecule has 23 heavy (non-hydrogen) atoms. The first-order chi connectivity index (χ1) is 11.2. The number of aryl methyl sites for hydroxylation is 1. The average Bonchev–Trinajstić information content (AvgIpc) is 3.15. The average molecular weight is 316 g/mol. The zero-order valence-corrected chi connectivity index (χ0v) is 13.2. The van der Waals surface area contributed by atoms with Gasteiger partial charge in [0.15, 0.2) is 0 Å². The minimum absolute atomic E-state index is 0.0523. The number of hydrogen-bond acceptors (Lipinski definition) is 5. The van der Waals surface area contributed by atoms with Crippen molar-refractivity contribution in [2.45, 2.75) is 25.0 Å². The summed E-state index contributed by atoms with van der Waals surface area (Å²) in [5, 5.41) is 7.21. The normalized spacial score (nSPS) is 20.4. The van der Waals surface area contributed by atoms with Gasteiger partial charge in [0.25, 0.3) is 0 Å². The second-order valence-corrected chi connectivity index (χ2v) is 5.48. The summed E-state index contributed by atoms with van der Waals surface area (Å²) in [6.07, 6.45) is 2.57. The van der Waals surface area contributed by atoms with Crippen molar-refractivity contribution < 1.29 is 14.3 Å². The number of methoxy groups -OCH3 is 1. The van der Waals surface area contributed by atoms with Crippen molar-refractivity contribution in [2.24, 2.45) is 7.05 Å². The number of carbonyl (C=O) groups is 1. The van der Waals surface area contributed by atoms with E-state index in [4.69, 9.17) is 9.47 Å². The van der Waals surface area contributed by atoms with Crippen molar-refractivity contribution in [3.8, 4) is 5.88 Å². The van der Waals surface area contributed by atoms with E-state index in [1.165, 1.54) is 0 Å². The van der Waals surface area contributed by atoms with Gasteiger partial charge in [-0.25, -0.2) is 4.98 Å². The van der Waals surface area contributed by atoms with Crippen molar-refractivity contribution >= 4 is 5.91 Å². The molecule has 0 radical (unpaired) electrons. The van der Waals surface area contributed by atoms with Crippen LogP contribution in [0.1, 0.15) is 23.9 Å². The molecular formula is C16H20N4O3. The number of nitrogens with one attached hydrogen (secondary N) is 1. The molecule has 7 heteroatoms. The molecule has 1 saturated heterocycles. The van der Waals surface area contributed by atoms with E-state index >= 15 is 0 Å². The number of pyridine rings is 1. The Balaban J connectivity index is 1.64. The second kappa shape index (κ2) is 6.78. The van der Waals surface area contributed by atoms with Gasteiger partial charge in [0.1, 0.15) is 6.10 Å². The third kappa shape index (κ3) is 3.50. The molecule has 2 atom stereocenters. The maximum atomic E-state index is 12.3. The molecule has 1 N–H and O–H groups in total. The lowest BCUT2D eigenvalue weighted by molar-refractivity contribution is -0.121. The van der Waals surface area contributed by atoms with E-state index in [9.17, 15) is 4.79 Å². The highest BCUT2D eigenvalue weighted by Gasteiger charge is 2.32. The smallest absolute Gasteiger partial charge is 0.226 e.